The Balaban J connectivity index is 0.000000277. The van der Waals surface area contributed by atoms with Gasteiger partial charge in [0.25, 0.3) is 5.91 Å². The number of likely N-dealkylation sites (tertiary alicyclic amines) is 2. The molecule has 4 aromatic rings. The van der Waals surface area contributed by atoms with Crippen molar-refractivity contribution < 1.29 is 77.4 Å². The molecule has 0 saturated carbocycles. The first-order chi connectivity index (χ1) is 34.6. The third-order valence-corrected chi connectivity index (χ3v) is 11.9. The van der Waals surface area contributed by atoms with E-state index in [1.165, 1.54) is 32.0 Å². The number of Topliss-reactive ketones (excluding diaryl/α,β-unsaturated/α-hetero) is 2. The quantitative estimate of drug-likeness (QED) is 0.139. The Bertz CT molecular complexity index is 2860. The van der Waals surface area contributed by atoms with Gasteiger partial charge in [-0.1, -0.05) is 0 Å². The highest BCUT2D eigenvalue weighted by atomic mass is 19.4. The number of carbonyl (C=O) groups is 5. The fourth-order valence-corrected chi connectivity index (χ4v) is 8.20. The lowest BCUT2D eigenvalue weighted by Crippen LogP contribution is -2.47. The second kappa shape index (κ2) is 22.7. The van der Waals surface area contributed by atoms with Gasteiger partial charge in [0.15, 0.2) is 23.0 Å². The van der Waals surface area contributed by atoms with Gasteiger partial charge in [-0.2, -0.15) is 31.6 Å². The van der Waals surface area contributed by atoms with Crippen LogP contribution in [-0.4, -0.2) is 107 Å². The number of alkyl halides is 8. The normalized spacial score (nSPS) is 20.0. The topological polar surface area (TPSA) is 212 Å². The molecule has 6 rings (SSSR count). The lowest BCUT2D eigenvalue weighted by molar-refractivity contribution is -0.142. The predicted molar refractivity (Wildman–Crippen MR) is 246 cm³/mol. The Labute approximate surface area is 423 Å². The number of aromatic nitrogens is 4. The molecule has 3 amide bonds. The van der Waals surface area contributed by atoms with Gasteiger partial charge in [0.2, 0.25) is 0 Å². The van der Waals surface area contributed by atoms with Crippen LogP contribution in [0.3, 0.4) is 0 Å². The van der Waals surface area contributed by atoms with Gasteiger partial charge >= 0.3 is 24.5 Å². The number of ether oxygens (including phenoxy) is 2. The predicted octanol–water partition coefficient (Wildman–Crippen LogP) is 10.0. The van der Waals surface area contributed by atoms with Crippen molar-refractivity contribution >= 4 is 29.7 Å². The summed E-state index contributed by atoms with van der Waals surface area (Å²) in [6, 6.07) is 1.74. The zero-order valence-corrected chi connectivity index (χ0v) is 41.7. The van der Waals surface area contributed by atoms with Crippen molar-refractivity contribution in [1.29, 1.82) is 5.26 Å². The van der Waals surface area contributed by atoms with Crippen LogP contribution in [0.1, 0.15) is 120 Å². The first-order valence-electron chi connectivity index (χ1n) is 23.1. The summed E-state index contributed by atoms with van der Waals surface area (Å²) in [5, 5.41) is 9.09. The molecule has 0 aromatic carbocycles. The molecular formula is C50H52F10N8O7. The fraction of sp³-hybridized carbons (Fsp3) is 0.480. The van der Waals surface area contributed by atoms with Crippen LogP contribution in [-0.2, 0) is 44.3 Å². The highest BCUT2D eigenvalue weighted by Crippen LogP contribution is 2.36. The number of pyridine rings is 4. The summed E-state index contributed by atoms with van der Waals surface area (Å²) in [6.45, 7) is 12.8. The monoisotopic (exact) mass is 1070 g/mol. The van der Waals surface area contributed by atoms with Gasteiger partial charge in [-0.25, -0.2) is 32.1 Å². The first kappa shape index (κ1) is 58.6. The Hall–Kier alpha value is -7.26. The van der Waals surface area contributed by atoms with E-state index in [9.17, 15) is 67.9 Å². The first-order valence-corrected chi connectivity index (χ1v) is 23.1. The molecule has 6 heterocycles. The van der Waals surface area contributed by atoms with Gasteiger partial charge in [-0.05, 0) is 104 Å². The van der Waals surface area contributed by atoms with Crippen molar-refractivity contribution in [2.75, 3.05) is 0 Å². The standard InChI is InChI=1S/C25H27F5N4O4.C25H25F5N4O3/c1-12-16(26)9-19(34(12)23(37)38-24(2,3)4)20(35)6-5-13-8-18(32-11-17(13)27)14-7-15(22(31)36)21(33-10-14)25(28,29)30;1-13-17(26)9-20(34(13)23(36)37-24(2,3)4)21(35)6-5-14-8-19(32-12-18(14)27)16-7-15(10-31)22(33-11-16)25(28,29)30/h7-8,10-12,16,19H,5-6,9H2,1-4H3,(H2,31,36);7-8,11-13,17,20H,5-6,9H2,1-4H3/t12-,16+,19-;13-,17+,20-/m00/s1. The van der Waals surface area contributed by atoms with E-state index in [-0.39, 0.29) is 72.2 Å². The molecule has 25 heteroatoms. The number of nitriles is 1. The van der Waals surface area contributed by atoms with Crippen molar-refractivity contribution in [3.63, 3.8) is 0 Å². The molecule has 0 aliphatic carbocycles. The number of hydrogen-bond donors (Lipinski definition) is 1. The van der Waals surface area contributed by atoms with E-state index >= 15 is 0 Å². The molecule has 15 nitrogen and oxygen atoms in total. The average molecular weight is 1070 g/mol. The van der Waals surface area contributed by atoms with Crippen LogP contribution in [0.5, 0.6) is 0 Å². The second-order valence-electron chi connectivity index (χ2n) is 19.8. The lowest BCUT2D eigenvalue weighted by atomic mass is 10.00. The number of nitrogens with zero attached hydrogens (tertiary/aromatic N) is 7. The minimum Gasteiger partial charge on any atom is -0.444 e. The van der Waals surface area contributed by atoms with Gasteiger partial charge < -0.3 is 15.2 Å². The van der Waals surface area contributed by atoms with Crippen molar-refractivity contribution in [1.82, 2.24) is 29.7 Å². The second-order valence-corrected chi connectivity index (χ2v) is 19.8. The van der Waals surface area contributed by atoms with Crippen LogP contribution in [0, 0.1) is 23.0 Å². The molecule has 0 spiro atoms. The molecule has 4 aromatic heterocycles. The van der Waals surface area contributed by atoms with Gasteiger partial charge in [0.1, 0.15) is 41.2 Å². The highest BCUT2D eigenvalue weighted by Gasteiger charge is 2.48. The molecule has 2 aliphatic heterocycles. The lowest BCUT2D eigenvalue weighted by Gasteiger charge is -2.30. The Morgan fingerprint density at radius 3 is 1.39 bits per heavy atom. The SMILES string of the molecule is C[C@H]1[C@H](F)C[C@@H](C(=O)CCc2cc(-c3cnc(C(F)(F)F)c(C#N)c3)ncc2F)N1C(=O)OC(C)(C)C.C[C@H]1[C@H](F)C[C@@H](C(=O)CCc2cc(-c3cnc(C(F)(F)F)c(C(N)=O)c3)ncc2F)N1C(=O)OC(C)(C)C. The summed E-state index contributed by atoms with van der Waals surface area (Å²) >= 11 is 0. The molecule has 6 atom stereocenters. The summed E-state index contributed by atoms with van der Waals surface area (Å²) < 4.78 is 147. The van der Waals surface area contributed by atoms with E-state index < -0.39 is 124 Å². The Morgan fingerprint density at radius 1 is 0.640 bits per heavy atom. The molecule has 0 unspecified atom stereocenters. The molecular weight excluding hydrogens is 1010 g/mol. The number of halogens is 10. The maximum atomic E-state index is 14.5. The van der Waals surface area contributed by atoms with Crippen molar-refractivity contribution in [2.45, 2.75) is 154 Å². The van der Waals surface area contributed by atoms with Gasteiger partial charge in [-0.3, -0.25) is 39.1 Å². The van der Waals surface area contributed by atoms with Gasteiger partial charge in [-0.15, -0.1) is 0 Å². The summed E-state index contributed by atoms with van der Waals surface area (Å²) in [4.78, 5) is 79.2. The molecule has 2 N–H and O–H groups in total. The van der Waals surface area contributed by atoms with Gasteiger partial charge in [0.05, 0.1) is 59.1 Å². The number of rotatable bonds is 11. The zero-order valence-electron chi connectivity index (χ0n) is 41.7. The van der Waals surface area contributed by atoms with Crippen LogP contribution in [0.2, 0.25) is 0 Å². The third kappa shape index (κ3) is 14.5. The fourth-order valence-electron chi connectivity index (χ4n) is 8.20. The van der Waals surface area contributed by atoms with Crippen molar-refractivity contribution in [3.8, 4) is 28.6 Å². The maximum Gasteiger partial charge on any atom is 0.434 e. The number of aryl methyl sites for hydroxylation is 2. The highest BCUT2D eigenvalue weighted by molar-refractivity contribution is 5.95. The molecule has 2 saturated heterocycles. The van der Waals surface area contributed by atoms with E-state index in [4.69, 9.17) is 20.5 Å². The number of amides is 3. The largest absolute Gasteiger partial charge is 0.444 e. The van der Waals surface area contributed by atoms with Crippen LogP contribution in [0.25, 0.3) is 22.5 Å². The molecule has 2 fully saturated rings. The van der Waals surface area contributed by atoms with Gasteiger partial charge in [0, 0.05) is 49.2 Å². The molecule has 404 valence electrons. The molecule has 2 aliphatic rings. The van der Waals surface area contributed by atoms with E-state index in [2.05, 4.69) is 19.9 Å². The summed E-state index contributed by atoms with van der Waals surface area (Å²) in [5.74, 6) is -3.90. The molecule has 75 heavy (non-hydrogen) atoms. The Kier molecular flexibility index (Phi) is 17.7. The van der Waals surface area contributed by atoms with Crippen molar-refractivity contribution in [2.24, 2.45) is 5.73 Å². The molecule has 0 radical (unpaired) electrons. The van der Waals surface area contributed by atoms with Crippen molar-refractivity contribution in [3.05, 3.63) is 94.3 Å². The number of carbonyl (C=O) groups excluding carboxylic acids is 5. The minimum atomic E-state index is -4.92. The van der Waals surface area contributed by atoms with Crippen LogP contribution in [0.15, 0.2) is 49.1 Å². The summed E-state index contributed by atoms with van der Waals surface area (Å²) in [6.07, 6.45) is -12.2. The third-order valence-electron chi connectivity index (χ3n) is 11.9. The van der Waals surface area contributed by atoms with E-state index in [1.807, 2.05) is 0 Å². The van der Waals surface area contributed by atoms with E-state index in [0.717, 1.165) is 46.7 Å². The number of ketones is 2. The average Bonchev–Trinajstić information content (AvgIpc) is 3.78. The number of nitrogens with two attached hydrogens (primary N) is 1. The van der Waals surface area contributed by atoms with E-state index in [0.29, 0.717) is 0 Å². The van der Waals surface area contributed by atoms with Crippen LogP contribution >= 0.6 is 0 Å². The molecule has 0 bridgehead atoms. The number of primary amides is 1. The van der Waals surface area contributed by atoms with E-state index in [1.54, 1.807) is 41.5 Å². The maximum absolute atomic E-state index is 14.5. The Morgan fingerprint density at radius 2 is 1.03 bits per heavy atom. The van der Waals surface area contributed by atoms with Crippen LogP contribution < -0.4 is 5.73 Å². The minimum absolute atomic E-state index is 0.00413. The summed E-state index contributed by atoms with van der Waals surface area (Å²) in [5.41, 5.74) is -0.951. The zero-order chi connectivity index (χ0) is 56.3. The van der Waals surface area contributed by atoms with Crippen LogP contribution in [0.4, 0.5) is 53.5 Å². The number of hydrogen-bond acceptors (Lipinski definition) is 12. The smallest absolute Gasteiger partial charge is 0.434 e. The summed E-state index contributed by atoms with van der Waals surface area (Å²) in [7, 11) is 0.